The first-order valence-electron chi connectivity index (χ1n) is 10.8. The maximum atomic E-state index is 12.2. The summed E-state index contributed by atoms with van der Waals surface area (Å²) in [5.74, 6) is 0.927. The van der Waals surface area contributed by atoms with Gasteiger partial charge in [0.1, 0.15) is 10.7 Å². The number of likely N-dealkylation sites (tertiary alicyclic amines) is 1. The molecule has 0 saturated carbocycles. The molecule has 4 heterocycles. The van der Waals surface area contributed by atoms with Crippen molar-refractivity contribution in [3.05, 3.63) is 35.0 Å². The molecule has 170 valence electrons. The number of hydrogen-bond acceptors (Lipinski definition) is 9. The third-order valence-corrected chi connectivity index (χ3v) is 6.71. The van der Waals surface area contributed by atoms with E-state index in [0.29, 0.717) is 34.3 Å². The summed E-state index contributed by atoms with van der Waals surface area (Å²) in [7, 11) is 4.25. The Morgan fingerprint density at radius 3 is 2.81 bits per heavy atom. The van der Waals surface area contributed by atoms with Gasteiger partial charge in [-0.1, -0.05) is 11.3 Å². The molecule has 3 aromatic rings. The first-order chi connectivity index (χ1) is 15.4. The van der Waals surface area contributed by atoms with Gasteiger partial charge in [-0.15, -0.1) is 0 Å². The lowest BCUT2D eigenvalue weighted by Crippen LogP contribution is -2.42. The number of aromatic amines is 1. The fourth-order valence-corrected chi connectivity index (χ4v) is 4.65. The van der Waals surface area contributed by atoms with E-state index in [1.807, 2.05) is 24.4 Å². The zero-order valence-corrected chi connectivity index (χ0v) is 19.7. The van der Waals surface area contributed by atoms with Crippen molar-refractivity contribution in [1.29, 1.82) is 0 Å². The molecule has 32 heavy (non-hydrogen) atoms. The zero-order valence-electron chi connectivity index (χ0n) is 18.9. The van der Waals surface area contributed by atoms with Gasteiger partial charge in [-0.05, 0) is 59.0 Å². The monoisotopic (exact) mass is 455 g/mol. The molecule has 1 aliphatic rings. The minimum Gasteiger partial charge on any atom is -0.462 e. The Hall–Kier alpha value is -2.98. The number of ether oxygens (including phenoxy) is 1. The maximum Gasteiger partial charge on any atom is 0.350 e. The largest absolute Gasteiger partial charge is 0.462 e. The predicted octanol–water partition coefficient (Wildman–Crippen LogP) is 3.69. The van der Waals surface area contributed by atoms with E-state index in [1.54, 1.807) is 13.8 Å². The minimum atomic E-state index is -0.362. The van der Waals surface area contributed by atoms with Crippen LogP contribution in [0.25, 0.3) is 11.4 Å². The van der Waals surface area contributed by atoms with Crippen LogP contribution in [0.1, 0.15) is 35.1 Å². The fourth-order valence-electron chi connectivity index (χ4n) is 3.80. The maximum absolute atomic E-state index is 12.2. The second-order valence-corrected chi connectivity index (χ2v) is 8.94. The van der Waals surface area contributed by atoms with E-state index in [1.165, 1.54) is 11.3 Å². The second kappa shape index (κ2) is 9.66. The number of nitrogens with zero attached hydrogens (tertiary/aromatic N) is 5. The van der Waals surface area contributed by atoms with Gasteiger partial charge in [-0.2, -0.15) is 4.98 Å². The average molecular weight is 456 g/mol. The highest BCUT2D eigenvalue weighted by molar-refractivity contribution is 7.17. The van der Waals surface area contributed by atoms with E-state index in [4.69, 9.17) is 14.7 Å². The summed E-state index contributed by atoms with van der Waals surface area (Å²) in [6, 6.07) is 6.35. The van der Waals surface area contributed by atoms with E-state index in [2.05, 4.69) is 39.2 Å². The molecular formula is C22H29N7O2S. The number of carbonyl (C=O) groups is 1. The minimum absolute atomic E-state index is 0.326. The number of thiazole rings is 1. The number of nitrogens with one attached hydrogen (secondary N) is 2. The third kappa shape index (κ3) is 4.91. The number of carbonyl (C=O) groups excluding carboxylic acids is 1. The highest BCUT2D eigenvalue weighted by Gasteiger charge is 2.23. The van der Waals surface area contributed by atoms with Crippen LogP contribution in [-0.2, 0) is 4.74 Å². The Morgan fingerprint density at radius 1 is 1.34 bits per heavy atom. The van der Waals surface area contributed by atoms with Crippen molar-refractivity contribution in [1.82, 2.24) is 24.8 Å². The molecule has 0 spiro atoms. The fraction of sp³-hybridized carbons (Fsp3) is 0.455. The van der Waals surface area contributed by atoms with Crippen molar-refractivity contribution in [3.63, 3.8) is 0 Å². The molecule has 0 amide bonds. The molecule has 1 aliphatic heterocycles. The molecule has 0 aromatic carbocycles. The summed E-state index contributed by atoms with van der Waals surface area (Å²) in [6.07, 6.45) is 4.05. The molecule has 10 heteroatoms. The number of anilines is 3. The molecule has 0 atom stereocenters. The topological polar surface area (TPSA) is 99.3 Å². The quantitative estimate of drug-likeness (QED) is 0.521. The van der Waals surface area contributed by atoms with Crippen molar-refractivity contribution in [3.8, 4) is 11.4 Å². The Labute approximate surface area is 191 Å². The summed E-state index contributed by atoms with van der Waals surface area (Å²) in [6.45, 7) is 6.06. The average Bonchev–Trinajstić information content (AvgIpc) is 3.44. The molecule has 9 nitrogen and oxygen atoms in total. The molecule has 3 aromatic heterocycles. The van der Waals surface area contributed by atoms with Gasteiger partial charge < -0.3 is 19.5 Å². The van der Waals surface area contributed by atoms with Gasteiger partial charge in [0.05, 0.1) is 23.7 Å². The Kier molecular flexibility index (Phi) is 6.71. The molecule has 0 bridgehead atoms. The Bertz CT molecular complexity index is 1060. The number of esters is 1. The van der Waals surface area contributed by atoms with Crippen LogP contribution in [0, 0.1) is 6.92 Å². The van der Waals surface area contributed by atoms with Gasteiger partial charge in [0.2, 0.25) is 5.95 Å². The molecule has 4 rings (SSSR count). The lowest BCUT2D eigenvalue weighted by Gasteiger charge is -2.35. The van der Waals surface area contributed by atoms with Gasteiger partial charge in [-0.3, -0.25) is 5.32 Å². The van der Waals surface area contributed by atoms with Crippen LogP contribution in [-0.4, -0.2) is 70.6 Å². The van der Waals surface area contributed by atoms with Gasteiger partial charge in [-0.25, -0.2) is 14.8 Å². The summed E-state index contributed by atoms with van der Waals surface area (Å²) >= 11 is 1.24. The first kappa shape index (κ1) is 22.2. The van der Waals surface area contributed by atoms with Crippen LogP contribution in [0.5, 0.6) is 0 Å². The van der Waals surface area contributed by atoms with Crippen LogP contribution in [0.4, 0.5) is 16.9 Å². The van der Waals surface area contributed by atoms with E-state index >= 15 is 0 Å². The van der Waals surface area contributed by atoms with Crippen LogP contribution >= 0.6 is 11.3 Å². The van der Waals surface area contributed by atoms with Gasteiger partial charge in [0.25, 0.3) is 0 Å². The summed E-state index contributed by atoms with van der Waals surface area (Å²) in [4.78, 5) is 34.4. The van der Waals surface area contributed by atoms with Gasteiger partial charge in [0.15, 0.2) is 5.13 Å². The third-order valence-electron chi connectivity index (χ3n) is 5.66. The smallest absolute Gasteiger partial charge is 0.350 e. The predicted molar refractivity (Wildman–Crippen MR) is 127 cm³/mol. The zero-order chi connectivity index (χ0) is 22.7. The number of hydrogen-bond donors (Lipinski definition) is 2. The van der Waals surface area contributed by atoms with Crippen LogP contribution in [0.2, 0.25) is 0 Å². The number of H-pyrrole nitrogens is 1. The lowest BCUT2D eigenvalue weighted by molar-refractivity contribution is 0.0531. The molecule has 1 saturated heterocycles. The molecule has 1 fully saturated rings. The number of aryl methyl sites for hydroxylation is 1. The number of rotatable bonds is 7. The molecule has 0 aliphatic carbocycles. The summed E-state index contributed by atoms with van der Waals surface area (Å²) in [5, 5.41) is 3.76. The molecule has 0 unspecified atom stereocenters. The van der Waals surface area contributed by atoms with Crippen molar-refractivity contribution in [2.75, 3.05) is 44.0 Å². The van der Waals surface area contributed by atoms with Crippen LogP contribution in [0.15, 0.2) is 24.4 Å². The second-order valence-electron chi connectivity index (χ2n) is 7.94. The van der Waals surface area contributed by atoms with E-state index in [-0.39, 0.29) is 5.97 Å². The first-order valence-corrected chi connectivity index (χ1v) is 11.6. The standard InChI is InChI=1S/C22H29N7O2S/c1-5-31-20(30)19-14(2)24-22(32-19)27-21-25-17(16-7-6-10-23-16)13-18(26-21)29(4)15-8-11-28(3)12-9-15/h6-7,10,13,15,23H,5,8-9,11-12H2,1-4H3,(H,24,25,26,27). The number of piperidine rings is 1. The van der Waals surface area contributed by atoms with Crippen molar-refractivity contribution < 1.29 is 9.53 Å². The summed E-state index contributed by atoms with van der Waals surface area (Å²) in [5.41, 5.74) is 2.33. The Balaban J connectivity index is 1.63. The van der Waals surface area contributed by atoms with Gasteiger partial charge in [0, 0.05) is 25.4 Å². The van der Waals surface area contributed by atoms with Crippen molar-refractivity contribution >= 4 is 34.2 Å². The number of aromatic nitrogens is 4. The molecule has 2 N–H and O–H groups in total. The SMILES string of the molecule is CCOC(=O)c1sc(Nc2nc(-c3ccc[nH]3)cc(N(C)C3CCN(C)CC3)n2)nc1C. The van der Waals surface area contributed by atoms with Crippen molar-refractivity contribution in [2.24, 2.45) is 0 Å². The highest BCUT2D eigenvalue weighted by Crippen LogP contribution is 2.29. The molecule has 0 radical (unpaired) electrons. The van der Waals surface area contributed by atoms with Crippen LogP contribution < -0.4 is 10.2 Å². The molecular weight excluding hydrogens is 426 g/mol. The summed E-state index contributed by atoms with van der Waals surface area (Å²) < 4.78 is 5.12. The van der Waals surface area contributed by atoms with E-state index < -0.39 is 0 Å². The Morgan fingerprint density at radius 2 is 2.12 bits per heavy atom. The highest BCUT2D eigenvalue weighted by atomic mass is 32.1. The van der Waals surface area contributed by atoms with Crippen LogP contribution in [0.3, 0.4) is 0 Å². The van der Waals surface area contributed by atoms with Crippen molar-refractivity contribution in [2.45, 2.75) is 32.7 Å². The normalized spacial score (nSPS) is 15.0. The van der Waals surface area contributed by atoms with E-state index in [9.17, 15) is 4.79 Å². The lowest BCUT2D eigenvalue weighted by atomic mass is 10.0. The van der Waals surface area contributed by atoms with E-state index in [0.717, 1.165) is 43.1 Å². The van der Waals surface area contributed by atoms with Gasteiger partial charge >= 0.3 is 5.97 Å².